The summed E-state index contributed by atoms with van der Waals surface area (Å²) < 4.78 is 22.5. The van der Waals surface area contributed by atoms with Gasteiger partial charge in [-0.25, -0.2) is 0 Å². The molecule has 0 unspecified atom stereocenters. The van der Waals surface area contributed by atoms with Gasteiger partial charge in [0.1, 0.15) is 11.3 Å². The van der Waals surface area contributed by atoms with E-state index in [0.29, 0.717) is 19.0 Å². The van der Waals surface area contributed by atoms with Crippen LogP contribution >= 0.6 is 74.5 Å². The van der Waals surface area contributed by atoms with Crippen LogP contribution in [0.2, 0.25) is 0 Å². The quantitative estimate of drug-likeness (QED) is 0.239. The minimum absolute atomic E-state index is 0. The van der Waals surface area contributed by atoms with Gasteiger partial charge in [-0.1, -0.05) is 33.1 Å². The van der Waals surface area contributed by atoms with Crippen LogP contribution in [0, 0.1) is 23.2 Å². The molecule has 9 nitrogen and oxygen atoms in total. The summed E-state index contributed by atoms with van der Waals surface area (Å²) in [6.07, 6.45) is 14.8. The first-order valence-corrected chi connectivity index (χ1v) is 33.5. The smallest absolute Gasteiger partial charge is 0.512 e. The van der Waals surface area contributed by atoms with E-state index in [1.807, 2.05) is 0 Å². The summed E-state index contributed by atoms with van der Waals surface area (Å²) in [7, 11) is 0. The summed E-state index contributed by atoms with van der Waals surface area (Å²) in [5.74, 6) is -0.0428. The molecule has 2 saturated carbocycles. The molecule has 15 heteroatoms. The zero-order valence-corrected chi connectivity index (χ0v) is 39.2. The Morgan fingerprint density at radius 3 is 1.50 bits per heavy atom. The Hall–Kier alpha value is 3.70. The molecule has 6 fully saturated rings. The fraction of sp³-hybridized carbons (Fsp3) is 0.897. The number of rotatable bonds is 1. The molecule has 0 aromatic rings. The maximum atomic E-state index is 10.5. The van der Waals surface area contributed by atoms with Gasteiger partial charge >= 0.3 is 102 Å². The van der Waals surface area contributed by atoms with E-state index in [-0.39, 0.29) is 75.9 Å². The number of ether oxygens (including phenoxy) is 4. The van der Waals surface area contributed by atoms with Gasteiger partial charge in [0, 0.05) is 102 Å². The molecule has 2 aliphatic carbocycles. The maximum absolute atomic E-state index is 10.5. The van der Waals surface area contributed by atoms with Gasteiger partial charge in [0.05, 0.1) is 32.5 Å². The molecule has 2 spiro atoms. The summed E-state index contributed by atoms with van der Waals surface area (Å²) in [5.41, 5.74) is -0.196. The van der Waals surface area contributed by atoms with Crippen LogP contribution in [-0.4, -0.2) is 80.4 Å². The van der Waals surface area contributed by atoms with Crippen molar-refractivity contribution in [2.75, 3.05) is 52.6 Å². The number of halogens is 5. The number of nitrogens with zero attached hydrogens (tertiary/aromatic N) is 3. The molecule has 44 heavy (non-hydrogen) atoms. The fourth-order valence-electron chi connectivity index (χ4n) is 6.24. The summed E-state index contributed by atoms with van der Waals surface area (Å²) in [5, 5.41) is 19.1. The number of nitrogens with one attached hydrogen (secondary N) is 1. The number of ketones is 1. The van der Waals surface area contributed by atoms with Crippen LogP contribution in [0.1, 0.15) is 97.3 Å². The third-order valence-corrected chi connectivity index (χ3v) is 8.42. The second-order valence-electron chi connectivity index (χ2n) is 10.8. The molecule has 0 amide bonds. The summed E-state index contributed by atoms with van der Waals surface area (Å²) in [4.78, 5) is 12.9. The number of Topliss-reactive ketones (excluding diaryl/α,β-unsaturated/α-hetero) is 1. The van der Waals surface area contributed by atoms with Gasteiger partial charge in [-0.05, 0) is 25.7 Å². The second-order valence-corrected chi connectivity index (χ2v) is 27.1. The molecule has 4 saturated heterocycles. The predicted octanol–water partition coefficient (Wildman–Crippen LogP) is 1.97. The molecule has 0 aromatic heterocycles. The van der Waals surface area contributed by atoms with Crippen LogP contribution in [0.25, 0.3) is 0 Å². The van der Waals surface area contributed by atoms with Crippen molar-refractivity contribution < 1.29 is 88.4 Å². The van der Waals surface area contributed by atoms with Crippen LogP contribution in [0.15, 0.2) is 0 Å². The zero-order valence-electron chi connectivity index (χ0n) is 25.3. The molecule has 1 N–H and O–H groups in total. The minimum atomic E-state index is -0.318. The van der Waals surface area contributed by atoms with Crippen LogP contribution in [0.5, 0.6) is 0 Å². The molecule has 0 radical (unpaired) electrons. The fourth-order valence-corrected chi connectivity index (χ4v) is 6.24. The van der Waals surface area contributed by atoms with Crippen molar-refractivity contribution in [3.63, 3.8) is 0 Å². The maximum Gasteiger partial charge on any atom is 1.00 e. The topological polar surface area (TPSA) is 117 Å². The van der Waals surface area contributed by atoms with Crippen LogP contribution in [-0.2, 0) is 23.7 Å². The number of carbonyl (C=O) groups excluding carboxylic acids is 1. The van der Waals surface area contributed by atoms with E-state index in [1.165, 1.54) is 25.7 Å². The number of hydrogen-bond donors (Lipinski definition) is 1. The predicted molar refractivity (Wildman–Crippen MR) is 199 cm³/mol. The molecular weight excluding hydrogens is 1160 g/mol. The molecule has 0 bridgehead atoms. The van der Waals surface area contributed by atoms with Gasteiger partial charge in [-0.2, -0.15) is 5.26 Å². The van der Waals surface area contributed by atoms with Crippen LogP contribution in [0.3, 0.4) is 0 Å². The molecule has 6 aliphatic rings. The first kappa shape index (κ1) is 49.8. The van der Waals surface area contributed by atoms with Crippen LogP contribution < -0.4 is 70.0 Å². The van der Waals surface area contributed by atoms with Crippen molar-refractivity contribution in [3.8, 4) is 6.07 Å². The Labute approximate surface area is 362 Å². The number of piperidine rings is 2. The van der Waals surface area contributed by atoms with Gasteiger partial charge in [0.15, 0.2) is 11.6 Å². The largest absolute Gasteiger partial charge is 1.00 e. The van der Waals surface area contributed by atoms with Gasteiger partial charge < -0.3 is 36.1 Å². The minimum Gasteiger partial charge on any atom is -0.512 e. The van der Waals surface area contributed by atoms with Gasteiger partial charge in [0.25, 0.3) is 0 Å². The van der Waals surface area contributed by atoms with E-state index in [2.05, 4.69) is 90.7 Å². The Kier molecular flexibility index (Phi) is 34.3. The van der Waals surface area contributed by atoms with E-state index >= 15 is 0 Å². The first-order valence-electron chi connectivity index (χ1n) is 14.7. The number of hydrogen-bond acceptors (Lipinski definition) is 9. The molecule has 0 aromatic carbocycles. The molecule has 4 heterocycles. The molecule has 252 valence electrons. The van der Waals surface area contributed by atoms with E-state index in [9.17, 15) is 10.1 Å². The van der Waals surface area contributed by atoms with Crippen molar-refractivity contribution in [1.82, 2.24) is 10.2 Å². The Morgan fingerprint density at radius 1 is 0.750 bits per heavy atom. The average molecular weight is 1210 g/mol. The number of carbonyl (C=O) groups is 1. The van der Waals surface area contributed by atoms with Crippen molar-refractivity contribution in [3.05, 3.63) is 6.57 Å². The third-order valence-electron chi connectivity index (χ3n) is 8.42. The average Bonchev–Trinajstić information content (AvgIpc) is 3.71. The van der Waals surface area contributed by atoms with Crippen molar-refractivity contribution in [1.29, 1.82) is 10.5 Å². The van der Waals surface area contributed by atoms with Gasteiger partial charge in [-0.3, -0.25) is 9.69 Å². The third kappa shape index (κ3) is 18.3. The van der Waals surface area contributed by atoms with E-state index in [4.69, 9.17) is 30.8 Å². The van der Waals surface area contributed by atoms with E-state index < -0.39 is 0 Å². The van der Waals surface area contributed by atoms with Crippen molar-refractivity contribution in [2.45, 2.75) is 114 Å². The Bertz CT molecular complexity index is 768. The van der Waals surface area contributed by atoms with Gasteiger partial charge in [-0.15, -0.1) is 0 Å². The molecular formula is C29H49I5KN4O5-. The Morgan fingerprint density at radius 2 is 1.14 bits per heavy atom. The molecule has 6 rings (SSSR count). The summed E-state index contributed by atoms with van der Waals surface area (Å²) in [6.45, 7) is 11.7. The summed E-state index contributed by atoms with van der Waals surface area (Å²) in [6, 6.07) is 2.61. The monoisotopic (exact) mass is 1210 g/mol. The van der Waals surface area contributed by atoms with Crippen molar-refractivity contribution in [2.24, 2.45) is 0 Å². The van der Waals surface area contributed by atoms with E-state index in [0.717, 1.165) is 117 Å². The SMILES string of the molecule is C.C1CC2(CCN1)OCCO2.II.I[I-]I.N#CC1(N2CCC3(CC2)OCCO3)CCCCC1.O=C1CCCCC1.[C-]#N.[K+]. The van der Waals surface area contributed by atoms with E-state index in [1.54, 1.807) is 0 Å². The zero-order chi connectivity index (χ0) is 31.2. The van der Waals surface area contributed by atoms with Crippen LogP contribution in [0.4, 0.5) is 0 Å². The van der Waals surface area contributed by atoms with Gasteiger partial charge in [0.2, 0.25) is 0 Å². The number of nitriles is 1. The van der Waals surface area contributed by atoms with Crippen molar-refractivity contribution >= 4 is 80.2 Å². The molecule has 0 atom stereocenters. The Balaban J connectivity index is 0. The first-order chi connectivity index (χ1) is 20.5. The molecule has 4 aliphatic heterocycles. The normalized spacial score (nSPS) is 24.2. The summed E-state index contributed by atoms with van der Waals surface area (Å²) >= 11 is 9.54. The second kappa shape index (κ2) is 30.3. The standard InChI is InChI=1S/C14H22N2O2.C7H13NO2.C6H10O.CN.CH4.I3.I2.K/c15-12-13(4-2-1-3-5-13)16-8-6-14(7-9-16)17-10-11-18-14;1-3-8-4-2-7(1)9-5-6-10-7;7-6-4-2-1-3-5-6;1-2;;1-3-2;1-2;/h1-11H2;8H,1-6H2;1-5H2;;1H4;;;/q;;;-1;;-1;;+1. The number of likely N-dealkylation sites (tertiary alicyclic amines) is 1.